The molecule has 1 aliphatic carbocycles. The lowest BCUT2D eigenvalue weighted by Crippen LogP contribution is -2.40. The Morgan fingerprint density at radius 1 is 1.59 bits per heavy atom. The Kier molecular flexibility index (Phi) is 3.89. The van der Waals surface area contributed by atoms with Gasteiger partial charge in [0.25, 0.3) is 5.91 Å². The molecule has 1 saturated carbocycles. The van der Waals surface area contributed by atoms with Gasteiger partial charge < -0.3 is 15.0 Å². The van der Waals surface area contributed by atoms with Crippen LogP contribution >= 0.6 is 15.9 Å². The van der Waals surface area contributed by atoms with Gasteiger partial charge in [0.2, 0.25) is 0 Å². The van der Waals surface area contributed by atoms with Crippen molar-refractivity contribution in [2.24, 2.45) is 7.05 Å². The minimum absolute atomic E-state index is 0.0719. The van der Waals surface area contributed by atoms with Gasteiger partial charge in [-0.25, -0.2) is 0 Å². The molecule has 2 N–H and O–H groups in total. The van der Waals surface area contributed by atoms with Crippen molar-refractivity contribution in [1.82, 2.24) is 9.88 Å². The largest absolute Gasteiger partial charge is 0.393 e. The number of aliphatic hydroxyl groups is 1. The maximum atomic E-state index is 12.0. The molecule has 2 rings (SSSR count). The molecule has 1 amide bonds. The van der Waals surface area contributed by atoms with E-state index in [1.165, 1.54) is 0 Å². The van der Waals surface area contributed by atoms with E-state index in [1.807, 2.05) is 13.2 Å². The molecule has 0 aliphatic heterocycles. The van der Waals surface area contributed by atoms with Gasteiger partial charge in [-0.05, 0) is 47.7 Å². The lowest BCUT2D eigenvalue weighted by Gasteiger charge is -2.26. The maximum absolute atomic E-state index is 12.0. The van der Waals surface area contributed by atoms with Crippen molar-refractivity contribution >= 4 is 21.8 Å². The number of carbonyl (C=O) groups excluding carboxylic acids is 1. The fourth-order valence-corrected chi connectivity index (χ4v) is 2.83. The van der Waals surface area contributed by atoms with Crippen LogP contribution in [0.25, 0.3) is 0 Å². The fraction of sp³-hybridized carbons (Fsp3) is 0.583. The molecule has 17 heavy (non-hydrogen) atoms. The normalized spacial score (nSPS) is 24.6. The van der Waals surface area contributed by atoms with Gasteiger partial charge in [0.05, 0.1) is 6.10 Å². The van der Waals surface area contributed by atoms with Crippen molar-refractivity contribution in [3.63, 3.8) is 0 Å². The molecule has 94 valence electrons. The summed E-state index contributed by atoms with van der Waals surface area (Å²) in [7, 11) is 1.84. The molecular weight excluding hydrogens is 284 g/mol. The van der Waals surface area contributed by atoms with Gasteiger partial charge in [0.1, 0.15) is 5.69 Å². The summed E-state index contributed by atoms with van der Waals surface area (Å²) in [5.41, 5.74) is 0.636. The zero-order valence-electron chi connectivity index (χ0n) is 9.82. The highest BCUT2D eigenvalue weighted by molar-refractivity contribution is 9.10. The van der Waals surface area contributed by atoms with Gasteiger partial charge in [-0.3, -0.25) is 4.79 Å². The summed E-state index contributed by atoms with van der Waals surface area (Å²) >= 11 is 3.35. The lowest BCUT2D eigenvalue weighted by atomic mass is 9.93. The minimum atomic E-state index is -0.269. The summed E-state index contributed by atoms with van der Waals surface area (Å²) in [6, 6.07) is 1.90. The van der Waals surface area contributed by atoms with E-state index in [1.54, 1.807) is 10.6 Å². The number of halogens is 1. The van der Waals surface area contributed by atoms with E-state index in [0.717, 1.165) is 23.7 Å². The molecular formula is C12H17BrN2O2. The summed E-state index contributed by atoms with van der Waals surface area (Å²) in [6.45, 7) is 0. The molecule has 1 heterocycles. The van der Waals surface area contributed by atoms with Gasteiger partial charge >= 0.3 is 0 Å². The smallest absolute Gasteiger partial charge is 0.268 e. The highest BCUT2D eigenvalue weighted by Gasteiger charge is 2.22. The van der Waals surface area contributed by atoms with Crippen LogP contribution in [0.15, 0.2) is 16.7 Å². The van der Waals surface area contributed by atoms with Crippen LogP contribution < -0.4 is 5.32 Å². The fourth-order valence-electron chi connectivity index (χ4n) is 2.30. The van der Waals surface area contributed by atoms with Crippen LogP contribution in [0.1, 0.15) is 36.2 Å². The molecule has 5 heteroatoms. The number of nitrogens with one attached hydrogen (secondary N) is 1. The Morgan fingerprint density at radius 2 is 2.35 bits per heavy atom. The summed E-state index contributed by atoms with van der Waals surface area (Å²) in [6.07, 6.45) is 5.02. The molecule has 0 saturated heterocycles. The first-order valence-electron chi connectivity index (χ1n) is 5.87. The van der Waals surface area contributed by atoms with Crippen molar-refractivity contribution in [3.05, 3.63) is 22.4 Å². The molecule has 1 aromatic rings. The summed E-state index contributed by atoms with van der Waals surface area (Å²) in [5.74, 6) is -0.0719. The molecule has 0 aromatic carbocycles. The second kappa shape index (κ2) is 5.23. The number of amides is 1. The second-order valence-corrected chi connectivity index (χ2v) is 5.56. The van der Waals surface area contributed by atoms with Crippen LogP contribution in [0.5, 0.6) is 0 Å². The predicted molar refractivity (Wildman–Crippen MR) is 68.8 cm³/mol. The van der Waals surface area contributed by atoms with Crippen LogP contribution in [0.2, 0.25) is 0 Å². The highest BCUT2D eigenvalue weighted by Crippen LogP contribution is 2.19. The number of carbonyl (C=O) groups is 1. The Labute approximate surface area is 109 Å². The average molecular weight is 301 g/mol. The van der Waals surface area contributed by atoms with Crippen molar-refractivity contribution in [2.75, 3.05) is 0 Å². The van der Waals surface area contributed by atoms with Crippen LogP contribution in [-0.4, -0.2) is 27.7 Å². The third-order valence-electron chi connectivity index (χ3n) is 3.19. The minimum Gasteiger partial charge on any atom is -0.393 e. The van der Waals surface area contributed by atoms with Gasteiger partial charge in [-0.15, -0.1) is 0 Å². The number of rotatable bonds is 2. The van der Waals surface area contributed by atoms with E-state index in [-0.39, 0.29) is 18.1 Å². The van der Waals surface area contributed by atoms with Crippen LogP contribution in [0.4, 0.5) is 0 Å². The first kappa shape index (κ1) is 12.6. The van der Waals surface area contributed by atoms with Gasteiger partial charge in [0, 0.05) is 23.8 Å². The van der Waals surface area contributed by atoms with E-state index in [9.17, 15) is 9.90 Å². The highest BCUT2D eigenvalue weighted by atomic mass is 79.9. The number of hydrogen-bond acceptors (Lipinski definition) is 2. The van der Waals surface area contributed by atoms with E-state index in [4.69, 9.17) is 0 Å². The van der Waals surface area contributed by atoms with Crippen molar-refractivity contribution in [1.29, 1.82) is 0 Å². The Hall–Kier alpha value is -0.810. The van der Waals surface area contributed by atoms with Gasteiger partial charge in [-0.1, -0.05) is 0 Å². The number of aromatic nitrogens is 1. The summed E-state index contributed by atoms with van der Waals surface area (Å²) < 4.78 is 2.69. The van der Waals surface area contributed by atoms with Crippen LogP contribution in [0.3, 0.4) is 0 Å². The molecule has 2 unspecified atom stereocenters. The number of aryl methyl sites for hydroxylation is 1. The zero-order valence-corrected chi connectivity index (χ0v) is 11.4. The lowest BCUT2D eigenvalue weighted by molar-refractivity contribution is 0.0843. The zero-order chi connectivity index (χ0) is 12.4. The monoisotopic (exact) mass is 300 g/mol. The first-order valence-corrected chi connectivity index (χ1v) is 6.66. The van der Waals surface area contributed by atoms with Gasteiger partial charge in [0.15, 0.2) is 0 Å². The molecule has 0 radical (unpaired) electrons. The molecule has 1 aliphatic rings. The van der Waals surface area contributed by atoms with Crippen molar-refractivity contribution in [2.45, 2.75) is 37.8 Å². The topological polar surface area (TPSA) is 54.3 Å². The van der Waals surface area contributed by atoms with Crippen LogP contribution in [0, 0.1) is 0 Å². The van der Waals surface area contributed by atoms with Crippen LogP contribution in [-0.2, 0) is 7.05 Å². The van der Waals surface area contributed by atoms with E-state index in [2.05, 4.69) is 21.2 Å². The number of nitrogens with zero attached hydrogens (tertiary/aromatic N) is 1. The van der Waals surface area contributed by atoms with E-state index < -0.39 is 0 Å². The maximum Gasteiger partial charge on any atom is 0.268 e. The molecule has 2 atom stereocenters. The summed E-state index contributed by atoms with van der Waals surface area (Å²) in [5, 5.41) is 12.5. The first-order chi connectivity index (χ1) is 8.06. The average Bonchev–Trinajstić information content (AvgIpc) is 2.58. The number of aliphatic hydroxyl groups excluding tert-OH is 1. The molecule has 1 fully saturated rings. The van der Waals surface area contributed by atoms with Crippen molar-refractivity contribution in [3.8, 4) is 0 Å². The van der Waals surface area contributed by atoms with E-state index >= 15 is 0 Å². The Morgan fingerprint density at radius 3 is 2.94 bits per heavy atom. The molecule has 1 aromatic heterocycles. The molecule has 0 spiro atoms. The Bertz CT molecular complexity index is 417. The number of hydrogen-bond donors (Lipinski definition) is 2. The SMILES string of the molecule is Cn1cc(Br)cc1C(=O)NC1CCCC(O)C1. The second-order valence-electron chi connectivity index (χ2n) is 4.65. The van der Waals surface area contributed by atoms with E-state index in [0.29, 0.717) is 12.1 Å². The third kappa shape index (κ3) is 3.10. The van der Waals surface area contributed by atoms with Crippen molar-refractivity contribution < 1.29 is 9.90 Å². The molecule has 0 bridgehead atoms. The predicted octanol–water partition coefficient (Wildman–Crippen LogP) is 1.82. The standard InChI is InChI=1S/C12H17BrN2O2/c1-15-7-8(13)5-11(15)12(17)14-9-3-2-4-10(16)6-9/h5,7,9-10,16H,2-4,6H2,1H3,(H,14,17). The molecule has 4 nitrogen and oxygen atoms in total. The summed E-state index contributed by atoms with van der Waals surface area (Å²) in [4.78, 5) is 12.0. The third-order valence-corrected chi connectivity index (χ3v) is 3.62. The quantitative estimate of drug-likeness (QED) is 0.875. The Balaban J connectivity index is 1.99. The van der Waals surface area contributed by atoms with Gasteiger partial charge in [-0.2, -0.15) is 0 Å².